The Morgan fingerprint density at radius 1 is 1.46 bits per heavy atom. The first kappa shape index (κ1) is 10.4. The van der Waals surface area contributed by atoms with Crippen molar-refractivity contribution in [2.24, 2.45) is 0 Å². The molecule has 0 unspecified atom stereocenters. The van der Waals surface area contributed by atoms with Gasteiger partial charge in [-0.1, -0.05) is 0 Å². The number of carboxylic acid groups (broad SMARTS) is 1. The summed E-state index contributed by atoms with van der Waals surface area (Å²) in [7, 11) is 0. The Kier molecular flexibility index (Phi) is 3.24. The third-order valence-electron chi connectivity index (χ3n) is 1.52. The summed E-state index contributed by atoms with van der Waals surface area (Å²) in [4.78, 5) is 23.2. The molecule has 0 bridgehead atoms. The number of hydrogen-bond donors (Lipinski definition) is 1. The van der Waals surface area contributed by atoms with Crippen LogP contribution in [0.15, 0.2) is 6.07 Å². The Morgan fingerprint density at radius 2 is 2.08 bits per heavy atom. The van der Waals surface area contributed by atoms with E-state index in [1.165, 1.54) is 6.07 Å². The van der Waals surface area contributed by atoms with Gasteiger partial charge in [-0.15, -0.1) is 0 Å². The Hall–Kier alpha value is -0.651. The number of carboxylic acids is 1. The van der Waals surface area contributed by atoms with Crippen LogP contribution >= 0.6 is 0 Å². The Morgan fingerprint density at radius 3 is 2.54 bits per heavy atom. The summed E-state index contributed by atoms with van der Waals surface area (Å²) in [5, 5.41) is 8.75. The van der Waals surface area contributed by atoms with Crippen molar-refractivity contribution < 1.29 is 9.90 Å². The van der Waals surface area contributed by atoms with Crippen LogP contribution in [0.4, 0.5) is 0 Å². The molecule has 0 aliphatic carbocycles. The van der Waals surface area contributed by atoms with Gasteiger partial charge in [0.25, 0.3) is 0 Å². The number of hydrogen-bond acceptors (Lipinski definition) is 3. The molecule has 1 N–H and O–H groups in total. The van der Waals surface area contributed by atoms with Gasteiger partial charge >= 0.3 is 83.7 Å². The van der Waals surface area contributed by atoms with Crippen LogP contribution in [0.5, 0.6) is 0 Å². The summed E-state index contributed by atoms with van der Waals surface area (Å²) < 4.78 is 0.778. The number of aromatic nitrogens is 2. The molecule has 1 rings (SSSR count). The number of nitrogens with zero attached hydrogens (tertiary/aromatic N) is 2. The molecule has 0 atom stereocenters. The number of carbonyl (C=O) groups is 1. The van der Waals surface area contributed by atoms with Crippen molar-refractivity contribution in [3.8, 4) is 0 Å². The normalized spacial score (nSPS) is 10.5. The van der Waals surface area contributed by atoms with E-state index in [0.29, 0.717) is 0 Å². The summed E-state index contributed by atoms with van der Waals surface area (Å²) >= 11 is -1.64. The fourth-order valence-corrected chi connectivity index (χ4v) is 3.03. The average molecular weight is 286 g/mol. The topological polar surface area (TPSA) is 63.1 Å². The summed E-state index contributed by atoms with van der Waals surface area (Å²) in [6.07, 6.45) is 0. The van der Waals surface area contributed by atoms with Crippen LogP contribution in [-0.4, -0.2) is 40.8 Å². The van der Waals surface area contributed by atoms with Crippen LogP contribution in [0.3, 0.4) is 0 Å². The zero-order valence-corrected chi connectivity index (χ0v) is 10.7. The minimum absolute atomic E-state index is 0.115. The van der Waals surface area contributed by atoms with E-state index >= 15 is 0 Å². The SMILES string of the molecule is Cc1cc(C(=O)O)n[c]([Sn]([CH3])[CH3])n1. The van der Waals surface area contributed by atoms with Gasteiger partial charge in [0.1, 0.15) is 0 Å². The molecule has 13 heavy (non-hydrogen) atoms. The van der Waals surface area contributed by atoms with Gasteiger partial charge < -0.3 is 0 Å². The van der Waals surface area contributed by atoms with Gasteiger partial charge in [-0.25, -0.2) is 0 Å². The standard InChI is InChI=1S/C6H5N2O2.2CH3.Sn/c1-4-2-5(6(9)10)8-3-7-4;;;/h2H,1H3,(H,9,10);2*1H3;. The number of rotatable bonds is 2. The van der Waals surface area contributed by atoms with Crippen molar-refractivity contribution >= 4 is 29.6 Å². The number of aromatic carboxylic acids is 1. The van der Waals surface area contributed by atoms with E-state index in [0.717, 1.165) is 9.53 Å². The van der Waals surface area contributed by atoms with E-state index < -0.39 is 25.7 Å². The van der Waals surface area contributed by atoms with Crippen LogP contribution in [0.1, 0.15) is 16.2 Å². The van der Waals surface area contributed by atoms with Gasteiger partial charge in [-0.05, 0) is 0 Å². The second kappa shape index (κ2) is 4.04. The maximum absolute atomic E-state index is 10.7. The molecule has 5 heteroatoms. The van der Waals surface area contributed by atoms with Gasteiger partial charge in [-0.2, -0.15) is 0 Å². The zero-order valence-electron chi connectivity index (χ0n) is 7.83. The van der Waals surface area contributed by atoms with Crippen molar-refractivity contribution in [3.63, 3.8) is 0 Å². The summed E-state index contributed by atoms with van der Waals surface area (Å²) in [6.45, 7) is 1.80. The maximum atomic E-state index is 10.7. The van der Waals surface area contributed by atoms with Gasteiger partial charge in [-0.3, -0.25) is 0 Å². The van der Waals surface area contributed by atoms with E-state index in [1.807, 2.05) is 0 Å². The molecule has 1 aromatic rings. The van der Waals surface area contributed by atoms with Crippen molar-refractivity contribution in [2.75, 3.05) is 0 Å². The van der Waals surface area contributed by atoms with Gasteiger partial charge in [0.05, 0.1) is 0 Å². The summed E-state index contributed by atoms with van der Waals surface area (Å²) in [6, 6.07) is 1.50. The molecule has 0 aliphatic heterocycles. The molecule has 0 amide bonds. The fraction of sp³-hybridized carbons (Fsp3) is 0.375. The summed E-state index contributed by atoms with van der Waals surface area (Å²) in [5.74, 6) is -0.976. The third kappa shape index (κ3) is 2.65. The molecule has 0 spiro atoms. The first-order valence-electron chi connectivity index (χ1n) is 3.90. The quantitative estimate of drug-likeness (QED) is 0.801. The van der Waals surface area contributed by atoms with Crippen LogP contribution in [-0.2, 0) is 0 Å². The Bertz CT molecular complexity index is 339. The first-order valence-corrected chi connectivity index (χ1v) is 11.0. The average Bonchev–Trinajstić information content (AvgIpc) is 2.03. The van der Waals surface area contributed by atoms with Gasteiger partial charge in [0, 0.05) is 0 Å². The molecule has 0 aromatic carbocycles. The van der Waals surface area contributed by atoms with E-state index in [4.69, 9.17) is 5.11 Å². The van der Waals surface area contributed by atoms with Gasteiger partial charge in [0.15, 0.2) is 0 Å². The second-order valence-corrected chi connectivity index (χ2v) is 10.0. The summed E-state index contributed by atoms with van der Waals surface area (Å²) in [5.41, 5.74) is 0.855. The first-order chi connectivity index (χ1) is 6.00. The molecule has 1 aromatic heterocycles. The van der Waals surface area contributed by atoms with E-state index in [9.17, 15) is 4.79 Å². The molecule has 1 heterocycles. The van der Waals surface area contributed by atoms with Crippen molar-refractivity contribution in [2.45, 2.75) is 16.8 Å². The molecule has 0 saturated carbocycles. The Labute approximate surface area is 83.8 Å². The van der Waals surface area contributed by atoms with Crippen molar-refractivity contribution in [1.82, 2.24) is 9.97 Å². The minimum atomic E-state index is -1.64. The molecule has 0 fully saturated rings. The van der Waals surface area contributed by atoms with Gasteiger partial charge in [0.2, 0.25) is 0 Å². The van der Waals surface area contributed by atoms with E-state index in [2.05, 4.69) is 19.8 Å². The molecular formula is C8H11N2O2Sn. The molecule has 69 valence electrons. The van der Waals surface area contributed by atoms with E-state index in [-0.39, 0.29) is 5.69 Å². The molecular weight excluding hydrogens is 275 g/mol. The van der Waals surface area contributed by atoms with Crippen molar-refractivity contribution in [1.29, 1.82) is 0 Å². The number of aryl methyl sites for hydroxylation is 1. The third-order valence-corrected chi connectivity index (χ3v) is 4.71. The van der Waals surface area contributed by atoms with Crippen molar-refractivity contribution in [3.05, 3.63) is 17.5 Å². The Balaban J connectivity index is 3.19. The molecule has 0 saturated heterocycles. The van der Waals surface area contributed by atoms with E-state index in [1.54, 1.807) is 6.92 Å². The van der Waals surface area contributed by atoms with Crippen LogP contribution in [0.2, 0.25) is 9.88 Å². The zero-order chi connectivity index (χ0) is 10.0. The predicted octanol–water partition coefficient (Wildman–Crippen LogP) is 0.445. The van der Waals surface area contributed by atoms with Crippen LogP contribution < -0.4 is 3.84 Å². The van der Waals surface area contributed by atoms with Crippen LogP contribution in [0.25, 0.3) is 0 Å². The molecule has 1 radical (unpaired) electrons. The molecule has 4 nitrogen and oxygen atoms in total. The second-order valence-electron chi connectivity index (χ2n) is 3.02. The van der Waals surface area contributed by atoms with Crippen LogP contribution in [0, 0.1) is 6.92 Å². The predicted molar refractivity (Wildman–Crippen MR) is 50.8 cm³/mol. The monoisotopic (exact) mass is 287 g/mol. The molecule has 0 aliphatic rings. The fourth-order valence-electron chi connectivity index (χ4n) is 0.902.